The van der Waals surface area contributed by atoms with Gasteiger partial charge in [0.15, 0.2) is 0 Å². The first-order valence-corrected chi connectivity index (χ1v) is 4.09. The summed E-state index contributed by atoms with van der Waals surface area (Å²) in [5.41, 5.74) is 0. The lowest BCUT2D eigenvalue weighted by Crippen LogP contribution is -2.39. The lowest BCUT2D eigenvalue weighted by atomic mass is 9.94. The van der Waals surface area contributed by atoms with Crippen molar-refractivity contribution < 1.29 is 9.53 Å². The third-order valence-electron chi connectivity index (χ3n) is 2.03. The Kier molecular flexibility index (Phi) is 3.52. The van der Waals surface area contributed by atoms with Crippen LogP contribution in [0, 0.1) is 0 Å². The van der Waals surface area contributed by atoms with Crippen molar-refractivity contribution in [2.45, 2.75) is 31.7 Å². The molecule has 0 saturated heterocycles. The topological polar surface area (TPSA) is 38.3 Å². The highest BCUT2D eigenvalue weighted by atomic mass is 16.5. The highest BCUT2D eigenvalue weighted by Crippen LogP contribution is 2.13. The summed E-state index contributed by atoms with van der Waals surface area (Å²) in [6.07, 6.45) is 3.93. The van der Waals surface area contributed by atoms with E-state index in [9.17, 15) is 4.79 Å². The first-order valence-electron chi connectivity index (χ1n) is 4.09. The van der Waals surface area contributed by atoms with Crippen molar-refractivity contribution in [2.24, 2.45) is 0 Å². The zero-order valence-corrected chi connectivity index (χ0v) is 6.93. The van der Waals surface area contributed by atoms with E-state index in [2.05, 4.69) is 5.32 Å². The summed E-state index contributed by atoms with van der Waals surface area (Å²) in [5, 5.41) is 3.05. The van der Waals surface area contributed by atoms with Gasteiger partial charge in [-0.15, -0.1) is 0 Å². The summed E-state index contributed by atoms with van der Waals surface area (Å²) in [5.74, 6) is 0.341. The fourth-order valence-corrected chi connectivity index (χ4v) is 1.38. The van der Waals surface area contributed by atoms with E-state index in [4.69, 9.17) is 4.74 Å². The molecule has 1 saturated carbocycles. The second-order valence-corrected chi connectivity index (χ2v) is 2.90. The van der Waals surface area contributed by atoms with Crippen LogP contribution in [0.5, 0.6) is 0 Å². The summed E-state index contributed by atoms with van der Waals surface area (Å²) >= 11 is 0. The number of ether oxygens (including phenoxy) is 1. The number of carbonyl (C=O) groups is 1. The van der Waals surface area contributed by atoms with E-state index in [1.165, 1.54) is 0 Å². The molecule has 0 aromatic heterocycles. The molecule has 0 spiro atoms. The van der Waals surface area contributed by atoms with Crippen molar-refractivity contribution in [1.82, 2.24) is 5.32 Å². The molecule has 3 heteroatoms. The van der Waals surface area contributed by atoms with E-state index in [0.29, 0.717) is 12.5 Å². The zero-order valence-electron chi connectivity index (χ0n) is 6.93. The van der Waals surface area contributed by atoms with Crippen LogP contribution >= 0.6 is 0 Å². The molecule has 3 nitrogen and oxygen atoms in total. The van der Waals surface area contributed by atoms with Crippen LogP contribution in [-0.4, -0.2) is 25.7 Å². The van der Waals surface area contributed by atoms with Crippen LogP contribution in [0.4, 0.5) is 0 Å². The van der Waals surface area contributed by atoms with E-state index >= 15 is 0 Å². The predicted octanol–water partition coefficient (Wildman–Crippen LogP) is 0.692. The Morgan fingerprint density at radius 2 is 2.45 bits per heavy atom. The largest absolute Gasteiger partial charge is 0.370 e. The van der Waals surface area contributed by atoms with E-state index in [1.54, 1.807) is 7.11 Å². The quantitative estimate of drug-likeness (QED) is 0.612. The molecule has 0 aromatic carbocycles. The van der Waals surface area contributed by atoms with Crippen molar-refractivity contribution in [3.05, 3.63) is 0 Å². The average Bonchev–Trinajstić information content (AvgIpc) is 2.03. The van der Waals surface area contributed by atoms with Gasteiger partial charge in [-0.1, -0.05) is 6.42 Å². The molecule has 0 radical (unpaired) electrons. The summed E-state index contributed by atoms with van der Waals surface area (Å²) in [7, 11) is 1.63. The first kappa shape index (κ1) is 8.68. The molecule has 64 valence electrons. The fraction of sp³-hybridized carbons (Fsp3) is 0.875. The van der Waals surface area contributed by atoms with Crippen molar-refractivity contribution in [1.29, 1.82) is 0 Å². The van der Waals surface area contributed by atoms with Crippen LogP contribution < -0.4 is 5.32 Å². The van der Waals surface area contributed by atoms with E-state index in [1.807, 2.05) is 0 Å². The lowest BCUT2D eigenvalue weighted by Gasteiger charge is -2.20. The smallest absolute Gasteiger partial charge is 0.149 e. The molecule has 1 N–H and O–H groups in total. The number of nitrogens with one attached hydrogen (secondary N) is 1. The maximum Gasteiger partial charge on any atom is 0.149 e. The monoisotopic (exact) mass is 157 g/mol. The van der Waals surface area contributed by atoms with Gasteiger partial charge in [0.25, 0.3) is 0 Å². The molecule has 11 heavy (non-hydrogen) atoms. The van der Waals surface area contributed by atoms with E-state index in [-0.39, 0.29) is 6.04 Å². The number of rotatable bonds is 3. The normalized spacial score (nSPS) is 25.5. The van der Waals surface area contributed by atoms with Gasteiger partial charge in [0.05, 0.1) is 12.8 Å². The molecule has 1 unspecified atom stereocenters. The molecule has 1 aliphatic rings. The fourth-order valence-electron chi connectivity index (χ4n) is 1.38. The molecule has 1 fully saturated rings. The Hall–Kier alpha value is -0.410. The summed E-state index contributed by atoms with van der Waals surface area (Å²) < 4.78 is 4.83. The van der Waals surface area contributed by atoms with E-state index in [0.717, 1.165) is 25.7 Å². The molecule has 1 rings (SSSR count). The van der Waals surface area contributed by atoms with Crippen LogP contribution in [0.3, 0.4) is 0 Å². The number of ketones is 1. The Labute approximate surface area is 67.1 Å². The highest BCUT2D eigenvalue weighted by Gasteiger charge is 2.20. The Morgan fingerprint density at radius 3 is 3.09 bits per heavy atom. The van der Waals surface area contributed by atoms with Crippen molar-refractivity contribution in [3.63, 3.8) is 0 Å². The Balaban J connectivity index is 2.24. The van der Waals surface area contributed by atoms with Crippen LogP contribution in [0.2, 0.25) is 0 Å². The molecule has 0 aliphatic heterocycles. The minimum atomic E-state index is 0.0590. The first-order chi connectivity index (χ1) is 5.34. The van der Waals surface area contributed by atoms with Crippen LogP contribution in [0.1, 0.15) is 25.7 Å². The summed E-state index contributed by atoms with van der Waals surface area (Å²) in [4.78, 5) is 11.2. The van der Waals surface area contributed by atoms with Gasteiger partial charge >= 0.3 is 0 Å². The zero-order chi connectivity index (χ0) is 8.10. The third kappa shape index (κ3) is 2.60. The van der Waals surface area contributed by atoms with Gasteiger partial charge in [0.1, 0.15) is 5.78 Å². The van der Waals surface area contributed by atoms with Crippen molar-refractivity contribution in [3.8, 4) is 0 Å². The van der Waals surface area contributed by atoms with Crippen molar-refractivity contribution >= 4 is 5.78 Å². The van der Waals surface area contributed by atoms with Gasteiger partial charge in [-0.05, 0) is 12.8 Å². The Bertz CT molecular complexity index is 136. The molecule has 0 aromatic rings. The summed E-state index contributed by atoms with van der Waals surface area (Å²) in [6, 6.07) is 0.0590. The predicted molar refractivity (Wildman–Crippen MR) is 42.3 cm³/mol. The van der Waals surface area contributed by atoms with Crippen molar-refractivity contribution in [2.75, 3.05) is 13.8 Å². The number of Topliss-reactive ketones (excluding diaryl/α,β-unsaturated/α-hetero) is 1. The van der Waals surface area contributed by atoms with E-state index < -0.39 is 0 Å². The number of methoxy groups -OCH3 is 1. The summed E-state index contributed by atoms with van der Waals surface area (Å²) in [6.45, 7) is 0.483. The maximum atomic E-state index is 11.2. The minimum Gasteiger partial charge on any atom is -0.370 e. The molecule has 0 heterocycles. The molecule has 0 amide bonds. The molecule has 1 atom stereocenters. The van der Waals surface area contributed by atoms with Gasteiger partial charge in [-0.25, -0.2) is 0 Å². The van der Waals surface area contributed by atoms with Crippen LogP contribution in [0.15, 0.2) is 0 Å². The van der Waals surface area contributed by atoms with Crippen LogP contribution in [0.25, 0.3) is 0 Å². The lowest BCUT2D eigenvalue weighted by molar-refractivity contribution is -0.123. The molecular weight excluding hydrogens is 142 g/mol. The molecule has 0 bridgehead atoms. The number of hydrogen-bond donors (Lipinski definition) is 1. The second-order valence-electron chi connectivity index (χ2n) is 2.90. The van der Waals surface area contributed by atoms with Gasteiger partial charge in [-0.3, -0.25) is 10.1 Å². The van der Waals surface area contributed by atoms with Gasteiger partial charge in [0.2, 0.25) is 0 Å². The highest BCUT2D eigenvalue weighted by molar-refractivity contribution is 5.84. The van der Waals surface area contributed by atoms with Gasteiger partial charge < -0.3 is 4.74 Å². The number of carbonyl (C=O) groups excluding carboxylic acids is 1. The average molecular weight is 157 g/mol. The minimum absolute atomic E-state index is 0.0590. The van der Waals surface area contributed by atoms with Gasteiger partial charge in [0, 0.05) is 13.5 Å². The number of hydrogen-bond acceptors (Lipinski definition) is 3. The van der Waals surface area contributed by atoms with Crippen LogP contribution in [-0.2, 0) is 9.53 Å². The molecular formula is C8H15NO2. The SMILES string of the molecule is COCNC1CCCCC1=O. The second kappa shape index (κ2) is 4.46. The van der Waals surface area contributed by atoms with Gasteiger partial charge in [-0.2, -0.15) is 0 Å². The molecule has 1 aliphatic carbocycles. The Morgan fingerprint density at radius 1 is 1.64 bits per heavy atom. The standard InChI is InChI=1S/C8H15NO2/c1-11-6-9-7-4-2-3-5-8(7)10/h7,9H,2-6H2,1H3. The third-order valence-corrected chi connectivity index (χ3v) is 2.03. The maximum absolute atomic E-state index is 11.2.